The van der Waals surface area contributed by atoms with Crippen molar-refractivity contribution in [2.45, 2.75) is 31.8 Å². The van der Waals surface area contributed by atoms with E-state index in [1.54, 1.807) is 24.7 Å². The van der Waals surface area contributed by atoms with Crippen molar-refractivity contribution in [1.82, 2.24) is 20.3 Å². The molecule has 1 unspecified atom stereocenters. The highest BCUT2D eigenvalue weighted by atomic mass is 19.3. The van der Waals surface area contributed by atoms with Crippen LogP contribution in [0.25, 0.3) is 11.0 Å². The molecule has 2 N–H and O–H groups in total. The number of aromatic nitrogens is 3. The zero-order chi connectivity index (χ0) is 22.8. The Hall–Kier alpha value is -2.91. The minimum atomic E-state index is -2.70. The van der Waals surface area contributed by atoms with Gasteiger partial charge in [-0.15, -0.1) is 0 Å². The minimum absolute atomic E-state index is 0.130. The third-order valence-electron chi connectivity index (χ3n) is 6.42. The Morgan fingerprint density at radius 1 is 1.18 bits per heavy atom. The highest BCUT2D eigenvalue weighted by Crippen LogP contribution is 2.36. The molecular formula is C24H28F2N6O. The lowest BCUT2D eigenvalue weighted by molar-refractivity contribution is -0.0775. The molecule has 9 heteroatoms. The molecule has 4 heterocycles. The number of ether oxygens (including phenoxy) is 1. The number of alkyl halides is 2. The highest BCUT2D eigenvalue weighted by molar-refractivity contribution is 5.87. The van der Waals surface area contributed by atoms with E-state index in [4.69, 9.17) is 4.74 Å². The second-order valence-electron chi connectivity index (χ2n) is 8.79. The minimum Gasteiger partial charge on any atom is -0.375 e. The number of morpholine rings is 1. The monoisotopic (exact) mass is 454 g/mol. The van der Waals surface area contributed by atoms with Crippen molar-refractivity contribution in [3.63, 3.8) is 0 Å². The van der Waals surface area contributed by atoms with Crippen LogP contribution >= 0.6 is 0 Å². The van der Waals surface area contributed by atoms with Gasteiger partial charge in [0.25, 0.3) is 5.92 Å². The fraction of sp³-hybridized carbons (Fsp3) is 0.458. The standard InChI is InChI=1S/C24H28F2N6O/c1-16-15-32(10-11-33-16)19-2-3-20(17(13-19)12-18-14-27-7-5-24(18,25)26)31-23-22-21(4-6-30-23)28-8-9-29-22/h2-4,6,8-9,13,16,18,27H,5,7,10-12,14-15H2,1H3,(H,30,31)/t16-,18?/m0/s1. The smallest absolute Gasteiger partial charge is 0.253 e. The van der Waals surface area contributed by atoms with Crippen LogP contribution in [0.3, 0.4) is 0 Å². The quantitative estimate of drug-likeness (QED) is 0.608. The Labute approximate surface area is 191 Å². The molecule has 0 bridgehead atoms. The summed E-state index contributed by atoms with van der Waals surface area (Å²) in [7, 11) is 0. The van der Waals surface area contributed by atoms with Gasteiger partial charge in [0, 0.05) is 68.5 Å². The zero-order valence-electron chi connectivity index (χ0n) is 18.6. The van der Waals surface area contributed by atoms with Crippen molar-refractivity contribution in [2.24, 2.45) is 5.92 Å². The fourth-order valence-electron chi connectivity index (χ4n) is 4.61. The first-order valence-corrected chi connectivity index (χ1v) is 11.4. The molecule has 7 nitrogen and oxygen atoms in total. The van der Waals surface area contributed by atoms with E-state index < -0.39 is 11.8 Å². The van der Waals surface area contributed by atoms with Crippen molar-refractivity contribution >= 4 is 28.2 Å². The summed E-state index contributed by atoms with van der Waals surface area (Å²) in [6, 6.07) is 7.81. The third-order valence-corrected chi connectivity index (χ3v) is 6.42. The summed E-state index contributed by atoms with van der Waals surface area (Å²) < 4.78 is 35.1. The Bertz CT molecular complexity index is 1120. The van der Waals surface area contributed by atoms with Gasteiger partial charge in [0.1, 0.15) is 5.52 Å². The van der Waals surface area contributed by atoms with E-state index in [0.717, 1.165) is 35.5 Å². The van der Waals surface area contributed by atoms with Gasteiger partial charge in [0.15, 0.2) is 5.82 Å². The van der Waals surface area contributed by atoms with Gasteiger partial charge in [-0.2, -0.15) is 0 Å². The van der Waals surface area contributed by atoms with Crippen molar-refractivity contribution in [3.8, 4) is 0 Å². The van der Waals surface area contributed by atoms with Crippen molar-refractivity contribution in [3.05, 3.63) is 48.4 Å². The van der Waals surface area contributed by atoms with Gasteiger partial charge in [0.2, 0.25) is 0 Å². The van der Waals surface area contributed by atoms with Crippen LogP contribution < -0.4 is 15.5 Å². The predicted molar refractivity (Wildman–Crippen MR) is 124 cm³/mol. The summed E-state index contributed by atoms with van der Waals surface area (Å²) >= 11 is 0. The van der Waals surface area contributed by atoms with Gasteiger partial charge < -0.3 is 20.3 Å². The Morgan fingerprint density at radius 2 is 2.06 bits per heavy atom. The van der Waals surface area contributed by atoms with E-state index in [0.29, 0.717) is 31.0 Å². The molecule has 0 spiro atoms. The van der Waals surface area contributed by atoms with Crippen LogP contribution in [0, 0.1) is 5.92 Å². The number of halogens is 2. The average Bonchev–Trinajstić information content (AvgIpc) is 2.81. The lowest BCUT2D eigenvalue weighted by Crippen LogP contribution is -2.45. The average molecular weight is 455 g/mol. The van der Waals surface area contributed by atoms with E-state index >= 15 is 0 Å². The van der Waals surface area contributed by atoms with Crippen LogP contribution in [0.4, 0.5) is 26.0 Å². The predicted octanol–water partition coefficient (Wildman–Crippen LogP) is 3.78. The summed E-state index contributed by atoms with van der Waals surface area (Å²) in [5.41, 5.74) is 3.97. The summed E-state index contributed by atoms with van der Waals surface area (Å²) in [6.07, 6.45) is 5.17. The SMILES string of the molecule is C[C@H]1CN(c2ccc(Nc3nccc4nccnc34)c(CC3CNCCC3(F)F)c2)CCO1. The first-order chi connectivity index (χ1) is 16.0. The largest absolute Gasteiger partial charge is 0.375 e. The molecule has 1 aromatic carbocycles. The number of rotatable bonds is 5. The topological polar surface area (TPSA) is 75.2 Å². The molecular weight excluding hydrogens is 426 g/mol. The maximum absolute atomic E-state index is 14.7. The number of fused-ring (bicyclic) bond motifs is 1. The van der Waals surface area contributed by atoms with Crippen LogP contribution in [0.2, 0.25) is 0 Å². The van der Waals surface area contributed by atoms with Crippen LogP contribution in [0.15, 0.2) is 42.9 Å². The number of anilines is 3. The molecule has 2 fully saturated rings. The fourth-order valence-corrected chi connectivity index (χ4v) is 4.61. The molecule has 0 radical (unpaired) electrons. The van der Waals surface area contributed by atoms with Gasteiger partial charge in [-0.3, -0.25) is 4.98 Å². The van der Waals surface area contributed by atoms with Crippen molar-refractivity contribution in [1.29, 1.82) is 0 Å². The lowest BCUT2D eigenvalue weighted by Gasteiger charge is -2.34. The number of piperidine rings is 1. The van der Waals surface area contributed by atoms with E-state index in [2.05, 4.69) is 30.5 Å². The lowest BCUT2D eigenvalue weighted by atomic mass is 9.88. The molecule has 0 aliphatic carbocycles. The number of hydrogen-bond acceptors (Lipinski definition) is 7. The molecule has 33 heavy (non-hydrogen) atoms. The molecule has 3 aromatic rings. The second-order valence-corrected chi connectivity index (χ2v) is 8.79. The third kappa shape index (κ3) is 4.74. The summed E-state index contributed by atoms with van der Waals surface area (Å²) in [6.45, 7) is 4.89. The van der Waals surface area contributed by atoms with Crippen LogP contribution in [-0.4, -0.2) is 59.8 Å². The van der Waals surface area contributed by atoms with Crippen molar-refractivity contribution < 1.29 is 13.5 Å². The summed E-state index contributed by atoms with van der Waals surface area (Å²) in [5.74, 6) is -2.91. The number of nitrogens with zero attached hydrogens (tertiary/aromatic N) is 4. The van der Waals surface area contributed by atoms with Gasteiger partial charge >= 0.3 is 0 Å². The molecule has 5 rings (SSSR count). The molecule has 2 aromatic heterocycles. The van der Waals surface area contributed by atoms with E-state index in [1.165, 1.54) is 0 Å². The van der Waals surface area contributed by atoms with E-state index in [-0.39, 0.29) is 18.9 Å². The van der Waals surface area contributed by atoms with Gasteiger partial charge in [-0.05, 0) is 43.2 Å². The van der Waals surface area contributed by atoms with Gasteiger partial charge in [-0.25, -0.2) is 18.7 Å². The first kappa shape index (κ1) is 21.9. The van der Waals surface area contributed by atoms with Gasteiger partial charge in [-0.1, -0.05) is 0 Å². The Kier molecular flexibility index (Phi) is 6.07. The zero-order valence-corrected chi connectivity index (χ0v) is 18.6. The molecule has 174 valence electrons. The maximum Gasteiger partial charge on any atom is 0.253 e. The molecule has 0 saturated carbocycles. The molecule has 0 amide bonds. The van der Waals surface area contributed by atoms with E-state index in [1.807, 2.05) is 25.1 Å². The van der Waals surface area contributed by atoms with Crippen molar-refractivity contribution in [2.75, 3.05) is 43.0 Å². The number of pyridine rings is 1. The summed E-state index contributed by atoms with van der Waals surface area (Å²) in [5, 5.41) is 6.48. The Balaban J connectivity index is 1.50. The maximum atomic E-state index is 14.7. The molecule has 2 atom stereocenters. The number of nitrogens with one attached hydrogen (secondary N) is 2. The van der Waals surface area contributed by atoms with Gasteiger partial charge in [0.05, 0.1) is 18.2 Å². The molecule has 2 saturated heterocycles. The first-order valence-electron chi connectivity index (χ1n) is 11.4. The van der Waals surface area contributed by atoms with E-state index in [9.17, 15) is 8.78 Å². The highest BCUT2D eigenvalue weighted by Gasteiger charge is 2.41. The number of hydrogen-bond donors (Lipinski definition) is 2. The van der Waals surface area contributed by atoms with Crippen LogP contribution in [0.5, 0.6) is 0 Å². The van der Waals surface area contributed by atoms with Crippen LogP contribution in [0.1, 0.15) is 18.9 Å². The normalized spacial score (nSPS) is 22.9. The van der Waals surface area contributed by atoms with Crippen LogP contribution in [-0.2, 0) is 11.2 Å². The second kappa shape index (κ2) is 9.15. The number of benzene rings is 1. The molecule has 2 aliphatic rings. The summed E-state index contributed by atoms with van der Waals surface area (Å²) in [4.78, 5) is 15.4. The molecule has 2 aliphatic heterocycles. The Morgan fingerprint density at radius 3 is 2.91 bits per heavy atom.